The van der Waals surface area contributed by atoms with E-state index in [-0.39, 0.29) is 5.91 Å². The summed E-state index contributed by atoms with van der Waals surface area (Å²) in [5.41, 5.74) is 0.801. The summed E-state index contributed by atoms with van der Waals surface area (Å²) in [6.45, 7) is 5.87. The van der Waals surface area contributed by atoms with Gasteiger partial charge in [0, 0.05) is 19.2 Å². The number of carbonyl (C=O) groups excluding carboxylic acids is 1. The van der Waals surface area contributed by atoms with Gasteiger partial charge in [-0.1, -0.05) is 19.0 Å². The van der Waals surface area contributed by atoms with Crippen molar-refractivity contribution in [3.05, 3.63) is 18.0 Å². The topological polar surface area (TPSA) is 67.2 Å². The molecule has 0 aliphatic carbocycles. The highest BCUT2D eigenvalue weighted by Gasteiger charge is 2.02. The van der Waals surface area contributed by atoms with Crippen LogP contribution >= 0.6 is 0 Å². The molecule has 90 valence electrons. The Morgan fingerprint density at radius 3 is 3.00 bits per heavy atom. The van der Waals surface area contributed by atoms with E-state index >= 15 is 0 Å². The molecule has 1 heterocycles. The summed E-state index contributed by atoms with van der Waals surface area (Å²) >= 11 is 0. The molecule has 1 aromatic heterocycles. The third-order valence-electron chi connectivity index (χ3n) is 2.13. The maximum absolute atomic E-state index is 11.3. The normalized spacial score (nSPS) is 10.7. The molecule has 0 aromatic carbocycles. The van der Waals surface area contributed by atoms with Gasteiger partial charge in [-0.05, 0) is 12.3 Å². The average molecular weight is 225 g/mol. The molecule has 0 bridgehead atoms. The Morgan fingerprint density at radius 1 is 1.56 bits per heavy atom. The highest BCUT2D eigenvalue weighted by Crippen LogP contribution is 1.96. The molecule has 0 unspecified atom stereocenters. The van der Waals surface area contributed by atoms with Crippen LogP contribution in [0.1, 0.15) is 26.0 Å². The van der Waals surface area contributed by atoms with E-state index in [0.29, 0.717) is 19.0 Å². The van der Waals surface area contributed by atoms with Gasteiger partial charge in [0.1, 0.15) is 6.26 Å². The van der Waals surface area contributed by atoms with Crippen molar-refractivity contribution < 1.29 is 9.32 Å². The number of hydrogen-bond acceptors (Lipinski definition) is 4. The number of nitrogens with zero attached hydrogens (tertiary/aromatic N) is 1. The molecule has 0 radical (unpaired) electrons. The monoisotopic (exact) mass is 225 g/mol. The van der Waals surface area contributed by atoms with Gasteiger partial charge in [0.05, 0.1) is 12.2 Å². The molecule has 5 nitrogen and oxygen atoms in total. The molecular formula is C11H19N3O2. The van der Waals surface area contributed by atoms with E-state index in [1.807, 2.05) is 0 Å². The molecule has 0 spiro atoms. The maximum atomic E-state index is 11.3. The maximum Gasteiger partial charge on any atom is 0.233 e. The van der Waals surface area contributed by atoms with Crippen LogP contribution in [0.15, 0.2) is 16.9 Å². The molecule has 16 heavy (non-hydrogen) atoms. The van der Waals surface area contributed by atoms with Crippen LogP contribution in [0.2, 0.25) is 0 Å². The second kappa shape index (κ2) is 7.00. The van der Waals surface area contributed by atoms with E-state index in [1.54, 1.807) is 6.07 Å². The van der Waals surface area contributed by atoms with Crippen LogP contribution in [-0.4, -0.2) is 24.2 Å². The Labute approximate surface area is 95.6 Å². The summed E-state index contributed by atoms with van der Waals surface area (Å²) < 4.78 is 4.67. The van der Waals surface area contributed by atoms with E-state index in [4.69, 9.17) is 0 Å². The minimum absolute atomic E-state index is 0.0177. The summed E-state index contributed by atoms with van der Waals surface area (Å²) in [6, 6.07) is 1.77. The van der Waals surface area contributed by atoms with Crippen LogP contribution in [0.3, 0.4) is 0 Å². The summed E-state index contributed by atoms with van der Waals surface area (Å²) in [6.07, 6.45) is 2.52. The van der Waals surface area contributed by atoms with Gasteiger partial charge in [-0.2, -0.15) is 0 Å². The van der Waals surface area contributed by atoms with Gasteiger partial charge >= 0.3 is 0 Å². The lowest BCUT2D eigenvalue weighted by molar-refractivity contribution is -0.120. The van der Waals surface area contributed by atoms with Crippen molar-refractivity contribution in [1.82, 2.24) is 15.8 Å². The fourth-order valence-electron chi connectivity index (χ4n) is 1.20. The van der Waals surface area contributed by atoms with Crippen molar-refractivity contribution >= 4 is 5.91 Å². The Hall–Kier alpha value is -1.36. The van der Waals surface area contributed by atoms with Crippen molar-refractivity contribution in [2.24, 2.45) is 5.92 Å². The Balaban J connectivity index is 2.02. The van der Waals surface area contributed by atoms with Crippen molar-refractivity contribution in [2.75, 3.05) is 13.1 Å². The molecule has 0 aliphatic rings. The van der Waals surface area contributed by atoms with Gasteiger partial charge in [-0.25, -0.2) is 0 Å². The number of carbonyl (C=O) groups is 1. The number of nitrogens with one attached hydrogen (secondary N) is 2. The fourth-order valence-corrected chi connectivity index (χ4v) is 1.20. The summed E-state index contributed by atoms with van der Waals surface area (Å²) in [4.78, 5) is 11.3. The average Bonchev–Trinajstić information content (AvgIpc) is 2.70. The van der Waals surface area contributed by atoms with E-state index in [9.17, 15) is 4.79 Å². The van der Waals surface area contributed by atoms with Gasteiger partial charge in [-0.3, -0.25) is 4.79 Å². The lowest BCUT2D eigenvalue weighted by Gasteiger charge is -2.07. The summed E-state index contributed by atoms with van der Waals surface area (Å²) in [5, 5.41) is 9.57. The van der Waals surface area contributed by atoms with Crippen molar-refractivity contribution in [1.29, 1.82) is 0 Å². The largest absolute Gasteiger partial charge is 0.364 e. The highest BCUT2D eigenvalue weighted by atomic mass is 16.5. The Bertz CT molecular complexity index is 296. The molecule has 0 atom stereocenters. The number of amides is 1. The fraction of sp³-hybridized carbons (Fsp3) is 0.636. The zero-order valence-electron chi connectivity index (χ0n) is 9.82. The van der Waals surface area contributed by atoms with Crippen LogP contribution in [0.25, 0.3) is 0 Å². The van der Waals surface area contributed by atoms with Crippen LogP contribution in [0, 0.1) is 5.92 Å². The van der Waals surface area contributed by atoms with E-state index in [2.05, 4.69) is 34.2 Å². The molecule has 2 N–H and O–H groups in total. The molecule has 1 aromatic rings. The minimum atomic E-state index is 0.0177. The first-order chi connectivity index (χ1) is 7.68. The Morgan fingerprint density at radius 2 is 2.38 bits per heavy atom. The van der Waals surface area contributed by atoms with E-state index in [1.165, 1.54) is 6.26 Å². The highest BCUT2D eigenvalue weighted by molar-refractivity contribution is 5.77. The standard InChI is InChI=1S/C11H19N3O2/c1-9(2)3-5-13-11(15)8-12-7-10-4-6-16-14-10/h4,6,9,12H,3,5,7-8H2,1-2H3,(H,13,15). The molecular weight excluding hydrogens is 206 g/mol. The Kier molecular flexibility index (Phi) is 5.56. The lowest BCUT2D eigenvalue weighted by atomic mass is 10.1. The lowest BCUT2D eigenvalue weighted by Crippen LogP contribution is -2.34. The predicted octanol–water partition coefficient (Wildman–Crippen LogP) is 0.926. The molecule has 0 saturated heterocycles. The zero-order valence-corrected chi connectivity index (χ0v) is 9.82. The molecule has 1 rings (SSSR count). The first kappa shape index (κ1) is 12.7. The third-order valence-corrected chi connectivity index (χ3v) is 2.13. The quantitative estimate of drug-likeness (QED) is 0.724. The molecule has 0 aliphatic heterocycles. The second-order valence-corrected chi connectivity index (χ2v) is 4.13. The molecule has 1 amide bonds. The van der Waals surface area contributed by atoms with E-state index < -0.39 is 0 Å². The summed E-state index contributed by atoms with van der Waals surface area (Å²) in [5.74, 6) is 0.632. The zero-order chi connectivity index (χ0) is 11.8. The smallest absolute Gasteiger partial charge is 0.233 e. The van der Waals surface area contributed by atoms with Gasteiger partial charge in [0.25, 0.3) is 0 Å². The van der Waals surface area contributed by atoms with Crippen LogP contribution in [0.4, 0.5) is 0 Å². The second-order valence-electron chi connectivity index (χ2n) is 4.13. The molecule has 0 saturated carbocycles. The van der Waals surface area contributed by atoms with Crippen LogP contribution in [-0.2, 0) is 11.3 Å². The predicted molar refractivity (Wildman–Crippen MR) is 60.7 cm³/mol. The molecule has 0 fully saturated rings. The van der Waals surface area contributed by atoms with Gasteiger partial charge in [0.15, 0.2) is 0 Å². The van der Waals surface area contributed by atoms with E-state index in [0.717, 1.165) is 18.7 Å². The van der Waals surface area contributed by atoms with Crippen LogP contribution < -0.4 is 10.6 Å². The molecule has 5 heteroatoms. The van der Waals surface area contributed by atoms with Crippen molar-refractivity contribution in [3.63, 3.8) is 0 Å². The van der Waals surface area contributed by atoms with Gasteiger partial charge < -0.3 is 15.2 Å². The van der Waals surface area contributed by atoms with Crippen molar-refractivity contribution in [3.8, 4) is 0 Å². The number of hydrogen-bond donors (Lipinski definition) is 2. The van der Waals surface area contributed by atoms with Crippen LogP contribution in [0.5, 0.6) is 0 Å². The first-order valence-corrected chi connectivity index (χ1v) is 5.55. The van der Waals surface area contributed by atoms with Crippen molar-refractivity contribution in [2.45, 2.75) is 26.8 Å². The first-order valence-electron chi connectivity index (χ1n) is 5.55. The summed E-state index contributed by atoms with van der Waals surface area (Å²) in [7, 11) is 0. The number of aromatic nitrogens is 1. The third kappa shape index (κ3) is 5.50. The van der Waals surface area contributed by atoms with Gasteiger partial charge in [0.2, 0.25) is 5.91 Å². The minimum Gasteiger partial charge on any atom is -0.364 e. The SMILES string of the molecule is CC(C)CCNC(=O)CNCc1ccon1. The van der Waals surface area contributed by atoms with Gasteiger partial charge in [-0.15, -0.1) is 0 Å². The number of rotatable bonds is 7.